The van der Waals surface area contributed by atoms with Crippen molar-refractivity contribution in [2.75, 3.05) is 17.2 Å². The van der Waals surface area contributed by atoms with E-state index in [1.54, 1.807) is 30.7 Å². The number of anilines is 1. The number of sulfone groups is 1. The van der Waals surface area contributed by atoms with Crippen LogP contribution in [0.5, 0.6) is 0 Å². The minimum atomic E-state index is -3.62. The van der Waals surface area contributed by atoms with E-state index in [0.717, 1.165) is 0 Å². The van der Waals surface area contributed by atoms with Crippen molar-refractivity contribution in [1.82, 2.24) is 14.8 Å². The number of benzene rings is 1. The fourth-order valence-corrected chi connectivity index (χ4v) is 3.48. The number of para-hydroxylation sites is 1. The summed E-state index contributed by atoms with van der Waals surface area (Å²) in [7, 11) is -1.92. The van der Waals surface area contributed by atoms with Gasteiger partial charge in [0.25, 0.3) is 0 Å². The van der Waals surface area contributed by atoms with Gasteiger partial charge in [-0.1, -0.05) is 18.2 Å². The highest BCUT2D eigenvalue weighted by atomic mass is 32.2. The van der Waals surface area contributed by atoms with Gasteiger partial charge >= 0.3 is 0 Å². The standard InChI is InChI=1S/C15H20N4O3S/c1-4-19(13-8-6-5-7-9-13)15(20)11-23(21,22)10-14-17-16-12(2)18(14)3/h5-9H,4,10-11H2,1-3H3. The van der Waals surface area contributed by atoms with Crippen LogP contribution in [0.15, 0.2) is 30.3 Å². The number of hydrogen-bond donors (Lipinski definition) is 0. The quantitative estimate of drug-likeness (QED) is 0.788. The van der Waals surface area contributed by atoms with E-state index < -0.39 is 21.5 Å². The second kappa shape index (κ2) is 6.91. The first kappa shape index (κ1) is 17.1. The van der Waals surface area contributed by atoms with Crippen molar-refractivity contribution < 1.29 is 13.2 Å². The molecule has 1 aromatic heterocycles. The number of hydrogen-bond acceptors (Lipinski definition) is 5. The largest absolute Gasteiger partial charge is 0.317 e. The van der Waals surface area contributed by atoms with Crippen molar-refractivity contribution in [2.45, 2.75) is 19.6 Å². The molecule has 7 nitrogen and oxygen atoms in total. The van der Waals surface area contributed by atoms with Crippen LogP contribution in [0.1, 0.15) is 18.6 Å². The van der Waals surface area contributed by atoms with E-state index in [4.69, 9.17) is 0 Å². The Balaban J connectivity index is 2.13. The van der Waals surface area contributed by atoms with Crippen molar-refractivity contribution in [1.29, 1.82) is 0 Å². The van der Waals surface area contributed by atoms with E-state index in [-0.39, 0.29) is 5.75 Å². The maximum absolute atomic E-state index is 12.4. The molecule has 0 aliphatic heterocycles. The molecule has 0 spiro atoms. The maximum Gasteiger partial charge on any atom is 0.242 e. The third-order valence-corrected chi connectivity index (χ3v) is 4.95. The van der Waals surface area contributed by atoms with Crippen LogP contribution in [0.25, 0.3) is 0 Å². The summed E-state index contributed by atoms with van der Waals surface area (Å²) in [4.78, 5) is 13.8. The van der Waals surface area contributed by atoms with Crippen LogP contribution < -0.4 is 4.90 Å². The first-order valence-corrected chi connectivity index (χ1v) is 9.07. The number of aryl methyl sites for hydroxylation is 1. The molecule has 23 heavy (non-hydrogen) atoms. The van der Waals surface area contributed by atoms with Crippen LogP contribution in [0, 0.1) is 6.92 Å². The first-order valence-electron chi connectivity index (χ1n) is 7.24. The Hall–Kier alpha value is -2.22. The van der Waals surface area contributed by atoms with Crippen LogP contribution in [0.4, 0.5) is 5.69 Å². The zero-order valence-corrected chi connectivity index (χ0v) is 14.2. The summed E-state index contributed by atoms with van der Waals surface area (Å²) >= 11 is 0. The highest BCUT2D eigenvalue weighted by molar-refractivity contribution is 7.91. The van der Waals surface area contributed by atoms with Crippen molar-refractivity contribution in [3.05, 3.63) is 42.0 Å². The van der Waals surface area contributed by atoms with Crippen LogP contribution in [0.3, 0.4) is 0 Å². The van der Waals surface area contributed by atoms with E-state index in [0.29, 0.717) is 23.9 Å². The lowest BCUT2D eigenvalue weighted by Gasteiger charge is -2.20. The van der Waals surface area contributed by atoms with Crippen LogP contribution in [-0.4, -0.2) is 41.4 Å². The maximum atomic E-state index is 12.4. The summed E-state index contributed by atoms with van der Waals surface area (Å²) in [6, 6.07) is 9.01. The van der Waals surface area contributed by atoms with Crippen molar-refractivity contribution in [2.24, 2.45) is 7.05 Å². The Morgan fingerprint density at radius 3 is 2.39 bits per heavy atom. The zero-order chi connectivity index (χ0) is 17.0. The van der Waals surface area contributed by atoms with E-state index in [9.17, 15) is 13.2 Å². The van der Waals surface area contributed by atoms with Gasteiger partial charge in [-0.3, -0.25) is 4.79 Å². The molecule has 0 aliphatic carbocycles. The molecule has 1 aromatic carbocycles. The van der Waals surface area contributed by atoms with Crippen LogP contribution in [-0.2, 0) is 27.4 Å². The number of aromatic nitrogens is 3. The Morgan fingerprint density at radius 2 is 1.87 bits per heavy atom. The molecule has 2 rings (SSSR count). The fraction of sp³-hybridized carbons (Fsp3) is 0.400. The predicted octanol–water partition coefficient (Wildman–Crippen LogP) is 1.09. The molecular formula is C15H20N4O3S. The highest BCUT2D eigenvalue weighted by Gasteiger charge is 2.24. The predicted molar refractivity (Wildman–Crippen MR) is 87.7 cm³/mol. The van der Waals surface area contributed by atoms with E-state index in [2.05, 4.69) is 10.2 Å². The summed E-state index contributed by atoms with van der Waals surface area (Å²) < 4.78 is 26.2. The molecule has 0 N–H and O–H groups in total. The molecule has 1 heterocycles. The van der Waals surface area contributed by atoms with Gasteiger partial charge in [-0.05, 0) is 26.0 Å². The molecule has 0 unspecified atom stereocenters. The lowest BCUT2D eigenvalue weighted by atomic mass is 10.3. The Bertz CT molecular complexity index is 784. The van der Waals surface area contributed by atoms with Crippen LogP contribution in [0.2, 0.25) is 0 Å². The van der Waals surface area contributed by atoms with Gasteiger partial charge in [-0.15, -0.1) is 10.2 Å². The Labute approximate surface area is 135 Å². The average Bonchev–Trinajstić information content (AvgIpc) is 2.80. The second-order valence-electron chi connectivity index (χ2n) is 5.23. The number of carbonyl (C=O) groups is 1. The highest BCUT2D eigenvalue weighted by Crippen LogP contribution is 2.14. The van der Waals surface area contributed by atoms with Gasteiger partial charge in [0.15, 0.2) is 9.84 Å². The topological polar surface area (TPSA) is 85.2 Å². The molecule has 0 saturated carbocycles. The molecular weight excluding hydrogens is 316 g/mol. The molecule has 8 heteroatoms. The third-order valence-electron chi connectivity index (χ3n) is 3.56. The molecule has 0 atom stereocenters. The number of carbonyl (C=O) groups excluding carboxylic acids is 1. The monoisotopic (exact) mass is 336 g/mol. The average molecular weight is 336 g/mol. The zero-order valence-electron chi connectivity index (χ0n) is 13.4. The van der Waals surface area contributed by atoms with Gasteiger partial charge in [0.05, 0.1) is 0 Å². The van der Waals surface area contributed by atoms with Gasteiger partial charge in [-0.2, -0.15) is 0 Å². The molecule has 1 amide bonds. The van der Waals surface area contributed by atoms with Crippen molar-refractivity contribution >= 4 is 21.4 Å². The Kier molecular flexibility index (Phi) is 5.15. The van der Waals surface area contributed by atoms with Gasteiger partial charge in [0, 0.05) is 19.3 Å². The normalized spacial score (nSPS) is 11.4. The van der Waals surface area contributed by atoms with Gasteiger partial charge in [0.2, 0.25) is 5.91 Å². The Morgan fingerprint density at radius 1 is 1.22 bits per heavy atom. The number of amides is 1. The molecule has 0 fully saturated rings. The van der Waals surface area contributed by atoms with Gasteiger partial charge in [-0.25, -0.2) is 8.42 Å². The molecule has 0 saturated heterocycles. The lowest BCUT2D eigenvalue weighted by molar-refractivity contribution is -0.116. The third kappa shape index (κ3) is 4.16. The van der Waals surface area contributed by atoms with Crippen molar-refractivity contribution in [3.63, 3.8) is 0 Å². The summed E-state index contributed by atoms with van der Waals surface area (Å²) in [5.74, 6) is -0.346. The lowest BCUT2D eigenvalue weighted by Crippen LogP contribution is -2.36. The van der Waals surface area contributed by atoms with E-state index in [1.807, 2.05) is 25.1 Å². The summed E-state index contributed by atoms with van der Waals surface area (Å²) in [6.45, 7) is 3.95. The SMILES string of the molecule is CCN(C(=O)CS(=O)(=O)Cc1nnc(C)n1C)c1ccccc1. The van der Waals surface area contributed by atoms with Gasteiger partial charge < -0.3 is 9.47 Å². The van der Waals surface area contributed by atoms with Crippen LogP contribution >= 0.6 is 0 Å². The molecule has 0 aliphatic rings. The molecule has 0 radical (unpaired) electrons. The molecule has 2 aromatic rings. The summed E-state index contributed by atoms with van der Waals surface area (Å²) in [6.07, 6.45) is 0. The second-order valence-corrected chi connectivity index (χ2v) is 7.29. The van der Waals surface area contributed by atoms with Crippen molar-refractivity contribution in [3.8, 4) is 0 Å². The first-order chi connectivity index (χ1) is 10.8. The minimum absolute atomic E-state index is 0.303. The summed E-state index contributed by atoms with van der Waals surface area (Å²) in [5, 5.41) is 7.67. The molecule has 0 bridgehead atoms. The smallest absolute Gasteiger partial charge is 0.242 e. The number of rotatable bonds is 6. The number of nitrogens with zero attached hydrogens (tertiary/aromatic N) is 4. The fourth-order valence-electron chi connectivity index (χ4n) is 2.20. The van der Waals surface area contributed by atoms with E-state index in [1.165, 1.54) is 4.90 Å². The van der Waals surface area contributed by atoms with E-state index >= 15 is 0 Å². The molecule has 124 valence electrons. The van der Waals surface area contributed by atoms with Gasteiger partial charge in [0.1, 0.15) is 23.2 Å². The minimum Gasteiger partial charge on any atom is -0.317 e. The summed E-state index contributed by atoms with van der Waals surface area (Å²) in [5.41, 5.74) is 0.685.